The first kappa shape index (κ1) is 8.49. The molecule has 0 bridgehead atoms. The van der Waals surface area contributed by atoms with Gasteiger partial charge in [-0.3, -0.25) is 0 Å². The van der Waals surface area contributed by atoms with Crippen molar-refractivity contribution in [3.05, 3.63) is 35.7 Å². The predicted octanol–water partition coefficient (Wildman–Crippen LogP) is -0.336. The summed E-state index contributed by atoms with van der Waals surface area (Å²) in [5.41, 5.74) is 0.238. The average molecular weight is 193 g/mol. The Morgan fingerprint density at radius 2 is 2.21 bits per heavy atom. The molecular formula is C8H8FN5. The molecule has 0 atom stereocenters. The first-order chi connectivity index (χ1) is 6.72. The lowest BCUT2D eigenvalue weighted by Crippen LogP contribution is -2.31. The first-order valence-electron chi connectivity index (χ1n) is 3.89. The third kappa shape index (κ3) is 1.17. The minimum absolute atomic E-state index is 0.238. The molecule has 2 aromatic rings. The Balaban J connectivity index is 3.00. The molecule has 0 saturated carbocycles. The van der Waals surface area contributed by atoms with E-state index in [9.17, 15) is 4.39 Å². The summed E-state index contributed by atoms with van der Waals surface area (Å²) in [6.07, 6.45) is 1.52. The molecule has 14 heavy (non-hydrogen) atoms. The Hall–Kier alpha value is -2.11. The Labute approximate surface area is 78.4 Å². The fraction of sp³-hybridized carbons (Fsp3) is 0. The van der Waals surface area contributed by atoms with Crippen LogP contribution in [0, 0.1) is 5.82 Å². The largest absolute Gasteiger partial charge is 0.321 e. The highest BCUT2D eigenvalue weighted by atomic mass is 19.1. The molecule has 1 aromatic heterocycles. The van der Waals surface area contributed by atoms with Crippen LogP contribution in [-0.4, -0.2) is 9.89 Å². The highest BCUT2D eigenvalue weighted by Gasteiger charge is 2.01. The maximum Gasteiger partial charge on any atom is 0.198 e. The molecule has 72 valence electrons. The molecule has 1 aromatic carbocycles. The van der Waals surface area contributed by atoms with Gasteiger partial charge in [0, 0.05) is 10.8 Å². The van der Waals surface area contributed by atoms with E-state index in [4.69, 9.17) is 11.7 Å². The van der Waals surface area contributed by atoms with Gasteiger partial charge in [-0.1, -0.05) is 0 Å². The molecule has 0 fully saturated rings. The summed E-state index contributed by atoms with van der Waals surface area (Å²) in [4.78, 5) is 1.00. The van der Waals surface area contributed by atoms with E-state index >= 15 is 0 Å². The van der Waals surface area contributed by atoms with Crippen molar-refractivity contribution in [1.29, 1.82) is 0 Å². The second-order valence-electron chi connectivity index (χ2n) is 2.77. The van der Waals surface area contributed by atoms with Crippen LogP contribution in [0.1, 0.15) is 0 Å². The third-order valence-corrected chi connectivity index (χ3v) is 1.92. The van der Waals surface area contributed by atoms with Gasteiger partial charge in [0.25, 0.3) is 0 Å². The normalized spacial score (nSPS) is 12.2. The first-order valence-corrected chi connectivity index (χ1v) is 3.89. The predicted molar refractivity (Wildman–Crippen MR) is 49.6 cm³/mol. The van der Waals surface area contributed by atoms with Crippen molar-refractivity contribution in [2.24, 2.45) is 10.9 Å². The zero-order chi connectivity index (χ0) is 10.1. The minimum Gasteiger partial charge on any atom is -0.321 e. The molecule has 0 unspecified atom stereocenters. The summed E-state index contributed by atoms with van der Waals surface area (Å²) in [7, 11) is 0. The maximum absolute atomic E-state index is 12.9. The van der Waals surface area contributed by atoms with Gasteiger partial charge in [-0.2, -0.15) is 15.0 Å². The zero-order valence-corrected chi connectivity index (χ0v) is 7.18. The highest BCUT2D eigenvalue weighted by molar-refractivity contribution is 5.80. The lowest BCUT2D eigenvalue weighted by atomic mass is 10.2. The summed E-state index contributed by atoms with van der Waals surface area (Å²) in [5, 5.41) is 8.52. The number of benzene rings is 1. The van der Waals surface area contributed by atoms with Gasteiger partial charge < -0.3 is 11.7 Å². The summed E-state index contributed by atoms with van der Waals surface area (Å²) >= 11 is 0. The van der Waals surface area contributed by atoms with Gasteiger partial charge in [-0.15, -0.1) is 0 Å². The summed E-state index contributed by atoms with van der Waals surface area (Å²) < 4.78 is 12.9. The van der Waals surface area contributed by atoms with Gasteiger partial charge >= 0.3 is 0 Å². The molecule has 0 aliphatic rings. The van der Waals surface area contributed by atoms with Crippen LogP contribution in [0.5, 0.6) is 0 Å². The summed E-state index contributed by atoms with van der Waals surface area (Å²) in [6, 6.07) is 4.24. The van der Waals surface area contributed by atoms with E-state index in [1.54, 1.807) is 6.07 Å². The molecule has 0 aliphatic heterocycles. The van der Waals surface area contributed by atoms with Crippen LogP contribution >= 0.6 is 0 Å². The molecule has 2 rings (SSSR count). The minimum atomic E-state index is -0.367. The maximum atomic E-state index is 12.9. The van der Waals surface area contributed by atoms with E-state index < -0.39 is 0 Å². The number of nitrogens with two attached hydrogens (primary N) is 2. The van der Waals surface area contributed by atoms with Crippen molar-refractivity contribution in [2.75, 3.05) is 5.84 Å². The smallest absolute Gasteiger partial charge is 0.198 e. The van der Waals surface area contributed by atoms with Gasteiger partial charge in [0.05, 0.1) is 6.20 Å². The van der Waals surface area contributed by atoms with E-state index in [1.165, 1.54) is 18.3 Å². The number of aromatic nitrogens is 2. The Morgan fingerprint density at radius 1 is 1.43 bits per heavy atom. The van der Waals surface area contributed by atoms with Crippen molar-refractivity contribution in [3.63, 3.8) is 0 Å². The van der Waals surface area contributed by atoms with Crippen molar-refractivity contribution in [2.45, 2.75) is 0 Å². The summed E-state index contributed by atoms with van der Waals surface area (Å²) in [5.74, 6) is 10.2. The van der Waals surface area contributed by atoms with E-state index in [-0.39, 0.29) is 11.3 Å². The second kappa shape index (κ2) is 2.99. The number of nitrogens with zero attached hydrogens (tertiary/aromatic N) is 3. The van der Waals surface area contributed by atoms with Crippen molar-refractivity contribution in [1.82, 2.24) is 9.89 Å². The van der Waals surface area contributed by atoms with Crippen LogP contribution in [0.25, 0.3) is 10.8 Å². The van der Waals surface area contributed by atoms with Crippen molar-refractivity contribution in [3.8, 4) is 0 Å². The lowest BCUT2D eigenvalue weighted by Gasteiger charge is -2.01. The standard InChI is InChI=1S/C8H8FN5/c9-6-2-1-5-4-12-14(11)8(13-10)7(5)3-6/h1-4H,10-11H2/b13-8-. The van der Waals surface area contributed by atoms with Crippen LogP contribution < -0.4 is 17.2 Å². The number of hydrogen-bond acceptors (Lipinski definition) is 4. The van der Waals surface area contributed by atoms with Crippen molar-refractivity contribution < 1.29 is 4.39 Å². The molecule has 4 N–H and O–H groups in total. The fourth-order valence-corrected chi connectivity index (χ4v) is 1.27. The van der Waals surface area contributed by atoms with Crippen LogP contribution in [0.3, 0.4) is 0 Å². The fourth-order valence-electron chi connectivity index (χ4n) is 1.27. The number of fused-ring (bicyclic) bond motifs is 1. The third-order valence-electron chi connectivity index (χ3n) is 1.92. The second-order valence-corrected chi connectivity index (χ2v) is 2.77. The zero-order valence-electron chi connectivity index (χ0n) is 7.18. The number of hydrogen-bond donors (Lipinski definition) is 2. The molecule has 5 nitrogen and oxygen atoms in total. The van der Waals surface area contributed by atoms with Gasteiger partial charge in [-0.05, 0) is 18.2 Å². The number of nitrogen functional groups attached to an aromatic ring is 1. The molecule has 1 heterocycles. The molecule has 0 aliphatic carbocycles. The van der Waals surface area contributed by atoms with Gasteiger partial charge in [0.15, 0.2) is 5.49 Å². The van der Waals surface area contributed by atoms with E-state index in [2.05, 4.69) is 10.2 Å². The van der Waals surface area contributed by atoms with Crippen LogP contribution in [0.15, 0.2) is 29.5 Å². The van der Waals surface area contributed by atoms with E-state index in [0.717, 1.165) is 10.2 Å². The molecular weight excluding hydrogens is 185 g/mol. The van der Waals surface area contributed by atoms with E-state index in [1.807, 2.05) is 0 Å². The molecule has 0 radical (unpaired) electrons. The Bertz CT molecular complexity index is 540. The topological polar surface area (TPSA) is 82.2 Å². The average Bonchev–Trinajstić information content (AvgIpc) is 2.17. The quantitative estimate of drug-likeness (QED) is 0.443. The molecule has 0 saturated heterocycles. The number of halogens is 1. The van der Waals surface area contributed by atoms with Crippen LogP contribution in [0.2, 0.25) is 0 Å². The van der Waals surface area contributed by atoms with Gasteiger partial charge in [-0.25, -0.2) is 4.39 Å². The highest BCUT2D eigenvalue weighted by Crippen LogP contribution is 2.09. The monoisotopic (exact) mass is 193 g/mol. The lowest BCUT2D eigenvalue weighted by molar-refractivity contribution is 0.629. The van der Waals surface area contributed by atoms with Gasteiger partial charge in [0.1, 0.15) is 5.82 Å². The number of rotatable bonds is 0. The SMILES string of the molecule is N/N=c1/c2cc(F)ccc2cnn1N. The molecule has 0 amide bonds. The summed E-state index contributed by atoms with van der Waals surface area (Å²) in [6.45, 7) is 0. The Kier molecular flexibility index (Phi) is 1.81. The molecule has 6 heteroatoms. The van der Waals surface area contributed by atoms with Gasteiger partial charge in [0.2, 0.25) is 0 Å². The van der Waals surface area contributed by atoms with E-state index in [0.29, 0.717) is 5.39 Å². The van der Waals surface area contributed by atoms with Crippen LogP contribution in [0.4, 0.5) is 4.39 Å². The van der Waals surface area contributed by atoms with Crippen molar-refractivity contribution >= 4 is 10.8 Å². The van der Waals surface area contributed by atoms with Crippen LogP contribution in [-0.2, 0) is 0 Å². The molecule has 0 spiro atoms. The Morgan fingerprint density at radius 3 is 2.93 bits per heavy atom.